The van der Waals surface area contributed by atoms with Gasteiger partial charge in [0.05, 0.1) is 6.21 Å². The number of benzene rings is 3. The van der Waals surface area contributed by atoms with Crippen LogP contribution in [0.4, 0.5) is 10.5 Å². The molecule has 0 aromatic heterocycles. The summed E-state index contributed by atoms with van der Waals surface area (Å²) >= 11 is 0. The van der Waals surface area contributed by atoms with Crippen LogP contribution < -0.4 is 15.5 Å². The highest BCUT2D eigenvalue weighted by atomic mass is 16.5. The Morgan fingerprint density at radius 2 is 1.54 bits per heavy atom. The van der Waals surface area contributed by atoms with E-state index in [-0.39, 0.29) is 0 Å². The summed E-state index contributed by atoms with van der Waals surface area (Å²) in [7, 11) is 0. The fourth-order valence-corrected chi connectivity index (χ4v) is 2.29. The Morgan fingerprint density at radius 1 is 0.885 bits per heavy atom. The quantitative estimate of drug-likeness (QED) is 0.513. The molecule has 0 aliphatic rings. The van der Waals surface area contributed by atoms with E-state index in [0.29, 0.717) is 18.0 Å². The second-order valence-corrected chi connectivity index (χ2v) is 5.50. The molecule has 5 nitrogen and oxygen atoms in total. The van der Waals surface area contributed by atoms with Crippen LogP contribution in [0, 0.1) is 0 Å². The number of nitrogens with zero attached hydrogens (tertiary/aromatic N) is 1. The number of amides is 2. The van der Waals surface area contributed by atoms with Crippen molar-refractivity contribution < 1.29 is 9.53 Å². The van der Waals surface area contributed by atoms with Gasteiger partial charge in [-0.1, -0.05) is 60.7 Å². The summed E-state index contributed by atoms with van der Waals surface area (Å²) < 4.78 is 5.86. The third-order valence-corrected chi connectivity index (χ3v) is 3.56. The van der Waals surface area contributed by atoms with Crippen molar-refractivity contribution in [2.75, 3.05) is 5.32 Å². The van der Waals surface area contributed by atoms with Gasteiger partial charge in [-0.3, -0.25) is 0 Å². The topological polar surface area (TPSA) is 62.7 Å². The molecule has 0 saturated carbocycles. The number of rotatable bonds is 6. The van der Waals surface area contributed by atoms with Crippen LogP contribution in [0.5, 0.6) is 5.75 Å². The lowest BCUT2D eigenvalue weighted by atomic mass is 10.2. The zero-order valence-corrected chi connectivity index (χ0v) is 14.1. The van der Waals surface area contributed by atoms with Gasteiger partial charge in [-0.15, -0.1) is 0 Å². The average Bonchev–Trinajstić information content (AvgIpc) is 2.69. The number of hydrogen-bond acceptors (Lipinski definition) is 3. The monoisotopic (exact) mass is 345 g/mol. The van der Waals surface area contributed by atoms with Crippen LogP contribution in [0.2, 0.25) is 0 Å². The molecule has 0 spiro atoms. The molecule has 0 saturated heterocycles. The first-order chi connectivity index (χ1) is 12.8. The second-order valence-electron chi connectivity index (χ2n) is 5.50. The fraction of sp³-hybridized carbons (Fsp3) is 0.0476. The lowest BCUT2D eigenvalue weighted by molar-refractivity contribution is 0.252. The van der Waals surface area contributed by atoms with Gasteiger partial charge < -0.3 is 10.1 Å². The SMILES string of the molecule is O=C(NN=Cc1ccccc1OCc1ccccc1)Nc1ccccc1. The van der Waals surface area contributed by atoms with E-state index < -0.39 is 6.03 Å². The molecule has 2 N–H and O–H groups in total. The Labute approximate surface area is 152 Å². The van der Waals surface area contributed by atoms with Crippen molar-refractivity contribution >= 4 is 17.9 Å². The number of carbonyl (C=O) groups excluding carboxylic acids is 1. The summed E-state index contributed by atoms with van der Waals surface area (Å²) in [6.07, 6.45) is 1.56. The lowest BCUT2D eigenvalue weighted by Gasteiger charge is -2.09. The molecule has 3 rings (SSSR count). The number of hydrogen-bond donors (Lipinski definition) is 2. The summed E-state index contributed by atoms with van der Waals surface area (Å²) in [6.45, 7) is 0.466. The number of ether oxygens (including phenoxy) is 1. The lowest BCUT2D eigenvalue weighted by Crippen LogP contribution is -2.24. The fourth-order valence-electron chi connectivity index (χ4n) is 2.29. The third-order valence-electron chi connectivity index (χ3n) is 3.56. The molecule has 130 valence electrons. The van der Waals surface area contributed by atoms with Gasteiger partial charge in [0.1, 0.15) is 12.4 Å². The van der Waals surface area contributed by atoms with Gasteiger partial charge in [-0.25, -0.2) is 10.2 Å². The number of hydrazone groups is 1. The first-order valence-electron chi connectivity index (χ1n) is 8.22. The predicted octanol–water partition coefficient (Wildman–Crippen LogP) is 4.42. The van der Waals surface area contributed by atoms with Gasteiger partial charge in [-0.05, 0) is 29.8 Å². The van der Waals surface area contributed by atoms with E-state index >= 15 is 0 Å². The Balaban J connectivity index is 1.57. The van der Waals surface area contributed by atoms with Gasteiger partial charge in [0, 0.05) is 11.3 Å². The smallest absolute Gasteiger partial charge is 0.339 e. The first kappa shape index (κ1) is 17.2. The largest absolute Gasteiger partial charge is 0.488 e. The van der Waals surface area contributed by atoms with Crippen molar-refractivity contribution in [1.82, 2.24) is 5.43 Å². The highest BCUT2D eigenvalue weighted by Crippen LogP contribution is 2.17. The summed E-state index contributed by atoms with van der Waals surface area (Å²) in [5.41, 5.74) is 5.01. The Bertz CT molecular complexity index is 865. The Kier molecular flexibility index (Phi) is 5.99. The molecule has 0 atom stereocenters. The van der Waals surface area contributed by atoms with Crippen LogP contribution in [-0.4, -0.2) is 12.2 Å². The molecule has 0 aliphatic heterocycles. The van der Waals surface area contributed by atoms with Gasteiger partial charge in [0.2, 0.25) is 0 Å². The molecule has 2 amide bonds. The summed E-state index contributed by atoms with van der Waals surface area (Å²) in [5.74, 6) is 0.699. The second kappa shape index (κ2) is 9.03. The zero-order valence-electron chi connectivity index (χ0n) is 14.1. The van der Waals surface area contributed by atoms with Crippen LogP contribution in [0.15, 0.2) is 90.0 Å². The molecular weight excluding hydrogens is 326 g/mol. The average molecular weight is 345 g/mol. The molecule has 0 radical (unpaired) electrons. The van der Waals surface area contributed by atoms with E-state index in [1.807, 2.05) is 72.8 Å². The van der Waals surface area contributed by atoms with Crippen LogP contribution in [0.1, 0.15) is 11.1 Å². The molecule has 3 aromatic carbocycles. The normalized spacial score (nSPS) is 10.5. The van der Waals surface area contributed by atoms with Crippen LogP contribution in [0.25, 0.3) is 0 Å². The highest BCUT2D eigenvalue weighted by Gasteiger charge is 2.02. The Morgan fingerprint density at radius 3 is 2.31 bits per heavy atom. The number of anilines is 1. The van der Waals surface area contributed by atoms with Gasteiger partial charge >= 0.3 is 6.03 Å². The van der Waals surface area contributed by atoms with Crippen molar-refractivity contribution in [3.05, 3.63) is 96.1 Å². The number of carbonyl (C=O) groups is 1. The molecule has 0 fully saturated rings. The molecule has 3 aromatic rings. The molecule has 0 unspecified atom stereocenters. The summed E-state index contributed by atoms with van der Waals surface area (Å²) in [4.78, 5) is 11.8. The maximum Gasteiger partial charge on any atom is 0.339 e. The van der Waals surface area contributed by atoms with E-state index in [0.717, 1.165) is 11.1 Å². The van der Waals surface area contributed by atoms with Crippen LogP contribution >= 0.6 is 0 Å². The molecule has 0 bridgehead atoms. The van der Waals surface area contributed by atoms with Crippen molar-refractivity contribution in [2.24, 2.45) is 5.10 Å². The molecule has 0 aliphatic carbocycles. The summed E-state index contributed by atoms with van der Waals surface area (Å²) in [6, 6.07) is 26.2. The van der Waals surface area contributed by atoms with Gasteiger partial charge in [0.25, 0.3) is 0 Å². The molecule has 0 heterocycles. The van der Waals surface area contributed by atoms with Gasteiger partial charge in [0.15, 0.2) is 0 Å². The summed E-state index contributed by atoms with van der Waals surface area (Å²) in [5, 5.41) is 6.68. The van der Waals surface area contributed by atoms with Crippen LogP contribution in [-0.2, 0) is 6.61 Å². The molecule has 5 heteroatoms. The number of urea groups is 1. The molecular formula is C21H19N3O2. The molecule has 26 heavy (non-hydrogen) atoms. The predicted molar refractivity (Wildman–Crippen MR) is 103 cm³/mol. The minimum Gasteiger partial charge on any atom is -0.488 e. The number of nitrogens with one attached hydrogen (secondary N) is 2. The minimum absolute atomic E-state index is 0.407. The highest BCUT2D eigenvalue weighted by molar-refractivity contribution is 5.90. The van der Waals surface area contributed by atoms with Crippen LogP contribution in [0.3, 0.4) is 0 Å². The standard InChI is InChI=1S/C21H19N3O2/c25-21(23-19-12-5-2-6-13-19)24-22-15-18-11-7-8-14-20(18)26-16-17-9-3-1-4-10-17/h1-15H,16H2,(H2,23,24,25). The van der Waals surface area contributed by atoms with E-state index in [1.54, 1.807) is 18.3 Å². The minimum atomic E-state index is -0.407. The first-order valence-corrected chi connectivity index (χ1v) is 8.22. The number of para-hydroxylation sites is 2. The van der Waals surface area contributed by atoms with E-state index in [4.69, 9.17) is 4.74 Å². The van der Waals surface area contributed by atoms with Crippen molar-refractivity contribution in [3.8, 4) is 5.75 Å². The van der Waals surface area contributed by atoms with E-state index in [9.17, 15) is 4.79 Å². The Hall–Kier alpha value is -3.60. The van der Waals surface area contributed by atoms with E-state index in [1.165, 1.54) is 0 Å². The third kappa shape index (κ3) is 5.21. The van der Waals surface area contributed by atoms with E-state index in [2.05, 4.69) is 15.8 Å². The van der Waals surface area contributed by atoms with Crippen molar-refractivity contribution in [3.63, 3.8) is 0 Å². The van der Waals surface area contributed by atoms with Gasteiger partial charge in [-0.2, -0.15) is 5.10 Å². The van der Waals surface area contributed by atoms with Crippen molar-refractivity contribution in [1.29, 1.82) is 0 Å². The zero-order chi connectivity index (χ0) is 18.0. The maximum absolute atomic E-state index is 11.8. The van der Waals surface area contributed by atoms with Crippen molar-refractivity contribution in [2.45, 2.75) is 6.61 Å². The maximum atomic E-state index is 11.8.